The van der Waals surface area contributed by atoms with E-state index < -0.39 is 5.97 Å². The average Bonchev–Trinajstić information content (AvgIpc) is 2.84. The average molecular weight is 276 g/mol. The van der Waals surface area contributed by atoms with Gasteiger partial charge in [0.05, 0.1) is 18.1 Å². The Morgan fingerprint density at radius 1 is 1.45 bits per heavy atom. The topological polar surface area (TPSA) is 98.3 Å². The van der Waals surface area contributed by atoms with Gasteiger partial charge in [-0.1, -0.05) is 0 Å². The number of aliphatic carboxylic acids is 1. The minimum Gasteiger partial charge on any atom is -0.481 e. The summed E-state index contributed by atoms with van der Waals surface area (Å²) < 4.78 is 0. The zero-order valence-corrected chi connectivity index (χ0v) is 11.3. The van der Waals surface area contributed by atoms with Gasteiger partial charge >= 0.3 is 12.0 Å². The molecule has 0 saturated carbocycles. The second-order valence-electron chi connectivity index (χ2n) is 4.62. The molecule has 3 N–H and O–H groups in total. The van der Waals surface area contributed by atoms with Gasteiger partial charge in [0, 0.05) is 24.7 Å². The molecule has 0 unspecified atom stereocenters. The highest BCUT2D eigenvalue weighted by atomic mass is 16.4. The first-order chi connectivity index (χ1) is 9.47. The SMILES string of the molecule is Cc1cc(NC(=O)N(C)CCC(=O)O)cc2[nH]ncc12. The summed E-state index contributed by atoms with van der Waals surface area (Å²) in [6.07, 6.45) is 1.65. The monoisotopic (exact) mass is 276 g/mol. The number of carboxylic acids is 1. The molecule has 1 heterocycles. The van der Waals surface area contributed by atoms with Gasteiger partial charge in [-0.2, -0.15) is 5.10 Å². The highest BCUT2D eigenvalue weighted by Gasteiger charge is 2.11. The summed E-state index contributed by atoms with van der Waals surface area (Å²) in [6, 6.07) is 3.29. The number of amides is 2. The van der Waals surface area contributed by atoms with E-state index in [0.29, 0.717) is 5.69 Å². The number of aromatic amines is 1. The number of H-pyrrole nitrogens is 1. The number of hydrogen-bond donors (Lipinski definition) is 3. The van der Waals surface area contributed by atoms with E-state index in [-0.39, 0.29) is 19.0 Å². The van der Waals surface area contributed by atoms with Crippen LogP contribution in [0.3, 0.4) is 0 Å². The lowest BCUT2D eigenvalue weighted by molar-refractivity contribution is -0.137. The summed E-state index contributed by atoms with van der Waals surface area (Å²) >= 11 is 0. The molecule has 1 aromatic heterocycles. The van der Waals surface area contributed by atoms with E-state index in [0.717, 1.165) is 16.5 Å². The van der Waals surface area contributed by atoms with Gasteiger partial charge in [0.15, 0.2) is 0 Å². The van der Waals surface area contributed by atoms with Gasteiger partial charge in [0.1, 0.15) is 0 Å². The first-order valence-electron chi connectivity index (χ1n) is 6.15. The minimum absolute atomic E-state index is 0.0808. The Bertz CT molecular complexity index is 650. The fourth-order valence-electron chi connectivity index (χ4n) is 1.88. The molecule has 2 aromatic rings. The molecule has 7 nitrogen and oxygen atoms in total. The number of anilines is 1. The first kappa shape index (κ1) is 13.9. The van der Waals surface area contributed by atoms with Gasteiger partial charge in [0.25, 0.3) is 0 Å². The molecule has 0 fully saturated rings. The number of urea groups is 1. The van der Waals surface area contributed by atoms with E-state index in [9.17, 15) is 9.59 Å². The number of carboxylic acid groups (broad SMARTS) is 1. The molecule has 0 radical (unpaired) electrons. The van der Waals surface area contributed by atoms with Crippen LogP contribution in [0.4, 0.5) is 10.5 Å². The highest BCUT2D eigenvalue weighted by Crippen LogP contribution is 2.21. The molecule has 2 rings (SSSR count). The van der Waals surface area contributed by atoms with Crippen molar-refractivity contribution in [2.45, 2.75) is 13.3 Å². The molecule has 106 valence electrons. The van der Waals surface area contributed by atoms with Crippen LogP contribution in [0.15, 0.2) is 18.3 Å². The van der Waals surface area contributed by atoms with E-state index in [1.54, 1.807) is 19.3 Å². The van der Waals surface area contributed by atoms with Crippen molar-refractivity contribution < 1.29 is 14.7 Å². The maximum Gasteiger partial charge on any atom is 0.321 e. The van der Waals surface area contributed by atoms with Gasteiger partial charge in [-0.05, 0) is 24.6 Å². The van der Waals surface area contributed by atoms with Crippen LogP contribution in [0, 0.1) is 6.92 Å². The minimum atomic E-state index is -0.931. The second kappa shape index (κ2) is 5.60. The normalized spacial score (nSPS) is 10.5. The van der Waals surface area contributed by atoms with Crippen LogP contribution in [0.1, 0.15) is 12.0 Å². The van der Waals surface area contributed by atoms with Crippen LogP contribution in [0.5, 0.6) is 0 Å². The Morgan fingerprint density at radius 2 is 2.20 bits per heavy atom. The molecule has 2 amide bonds. The molecular formula is C13H16N4O3. The number of hydrogen-bond acceptors (Lipinski definition) is 3. The lowest BCUT2D eigenvalue weighted by Crippen LogP contribution is -2.33. The smallest absolute Gasteiger partial charge is 0.321 e. The quantitative estimate of drug-likeness (QED) is 0.793. The number of fused-ring (bicyclic) bond motifs is 1. The highest BCUT2D eigenvalue weighted by molar-refractivity contribution is 5.93. The van der Waals surface area contributed by atoms with Crippen LogP contribution < -0.4 is 5.32 Å². The van der Waals surface area contributed by atoms with Crippen molar-refractivity contribution in [2.75, 3.05) is 18.9 Å². The van der Waals surface area contributed by atoms with E-state index in [2.05, 4.69) is 15.5 Å². The molecule has 0 bridgehead atoms. The maximum absolute atomic E-state index is 11.9. The van der Waals surface area contributed by atoms with Crippen LogP contribution in [-0.2, 0) is 4.79 Å². The molecule has 0 aliphatic carbocycles. The fraction of sp³-hybridized carbons (Fsp3) is 0.308. The Morgan fingerprint density at radius 3 is 2.90 bits per heavy atom. The molecule has 7 heteroatoms. The number of nitrogens with one attached hydrogen (secondary N) is 2. The Labute approximate surface area is 115 Å². The van der Waals surface area contributed by atoms with Crippen molar-refractivity contribution in [3.8, 4) is 0 Å². The van der Waals surface area contributed by atoms with Gasteiger partial charge in [0.2, 0.25) is 0 Å². The van der Waals surface area contributed by atoms with Gasteiger partial charge < -0.3 is 15.3 Å². The third-order valence-corrected chi connectivity index (χ3v) is 3.02. The molecule has 20 heavy (non-hydrogen) atoms. The van der Waals surface area contributed by atoms with Crippen molar-refractivity contribution in [1.82, 2.24) is 15.1 Å². The van der Waals surface area contributed by atoms with Gasteiger partial charge in [-0.15, -0.1) is 0 Å². The van der Waals surface area contributed by atoms with E-state index in [1.165, 1.54) is 4.90 Å². The molecule has 0 aliphatic rings. The molecule has 0 saturated heterocycles. The molecule has 0 aliphatic heterocycles. The Kier molecular flexibility index (Phi) is 3.88. The number of aryl methyl sites for hydroxylation is 1. The zero-order valence-electron chi connectivity index (χ0n) is 11.3. The van der Waals surface area contributed by atoms with Crippen LogP contribution in [-0.4, -0.2) is 45.8 Å². The molecule has 0 atom stereocenters. The van der Waals surface area contributed by atoms with Gasteiger partial charge in [-0.25, -0.2) is 4.79 Å². The molecule has 1 aromatic carbocycles. The van der Waals surface area contributed by atoms with Crippen molar-refractivity contribution in [2.24, 2.45) is 0 Å². The maximum atomic E-state index is 11.9. The van der Waals surface area contributed by atoms with Gasteiger partial charge in [-0.3, -0.25) is 9.89 Å². The zero-order chi connectivity index (χ0) is 14.7. The largest absolute Gasteiger partial charge is 0.481 e. The van der Waals surface area contributed by atoms with Crippen molar-refractivity contribution in [3.63, 3.8) is 0 Å². The van der Waals surface area contributed by atoms with Crippen LogP contribution in [0.25, 0.3) is 10.9 Å². The number of rotatable bonds is 4. The fourth-order valence-corrected chi connectivity index (χ4v) is 1.88. The predicted octanol–water partition coefficient (Wildman–Crippen LogP) is 1.81. The summed E-state index contributed by atoms with van der Waals surface area (Å²) in [4.78, 5) is 23.7. The standard InChI is InChI=1S/C13H16N4O3/c1-8-5-9(6-11-10(8)7-14-16-11)15-13(20)17(2)4-3-12(18)19/h5-7H,3-4H2,1-2H3,(H,14,16)(H,15,20)(H,18,19). The summed E-state index contributed by atoms with van der Waals surface area (Å²) in [5.41, 5.74) is 2.49. The number of nitrogens with zero attached hydrogens (tertiary/aromatic N) is 2. The summed E-state index contributed by atoms with van der Waals surface area (Å²) in [5.74, 6) is -0.931. The summed E-state index contributed by atoms with van der Waals surface area (Å²) in [5, 5.41) is 19.1. The van der Waals surface area contributed by atoms with E-state index in [4.69, 9.17) is 5.11 Å². The number of benzene rings is 1. The van der Waals surface area contributed by atoms with Crippen molar-refractivity contribution >= 4 is 28.6 Å². The third-order valence-electron chi connectivity index (χ3n) is 3.02. The lowest BCUT2D eigenvalue weighted by Gasteiger charge is -2.17. The first-order valence-corrected chi connectivity index (χ1v) is 6.15. The van der Waals surface area contributed by atoms with Crippen LogP contribution in [0.2, 0.25) is 0 Å². The van der Waals surface area contributed by atoms with E-state index in [1.807, 2.05) is 13.0 Å². The Balaban J connectivity index is 2.07. The molecule has 0 spiro atoms. The van der Waals surface area contributed by atoms with E-state index >= 15 is 0 Å². The van der Waals surface area contributed by atoms with Crippen molar-refractivity contribution in [1.29, 1.82) is 0 Å². The number of aromatic nitrogens is 2. The summed E-state index contributed by atoms with van der Waals surface area (Å²) in [6.45, 7) is 2.09. The number of carbonyl (C=O) groups is 2. The number of carbonyl (C=O) groups excluding carboxylic acids is 1. The third kappa shape index (κ3) is 3.05. The van der Waals surface area contributed by atoms with Crippen molar-refractivity contribution in [3.05, 3.63) is 23.9 Å². The predicted molar refractivity (Wildman–Crippen MR) is 74.7 cm³/mol. The summed E-state index contributed by atoms with van der Waals surface area (Å²) in [7, 11) is 1.56. The second-order valence-corrected chi connectivity index (χ2v) is 4.62. The Hall–Kier alpha value is -2.57. The van der Waals surface area contributed by atoms with Crippen LogP contribution >= 0.6 is 0 Å². The lowest BCUT2D eigenvalue weighted by atomic mass is 10.1. The molecular weight excluding hydrogens is 260 g/mol.